The molecule has 1 amide bonds. The van der Waals surface area contributed by atoms with Gasteiger partial charge in [0.1, 0.15) is 5.75 Å². The highest BCUT2D eigenvalue weighted by Gasteiger charge is 2.19. The van der Waals surface area contributed by atoms with Crippen molar-refractivity contribution in [3.8, 4) is 5.75 Å². The van der Waals surface area contributed by atoms with Gasteiger partial charge in [-0.25, -0.2) is 5.43 Å². The molecule has 3 rings (SSSR count). The van der Waals surface area contributed by atoms with Gasteiger partial charge in [-0.2, -0.15) is 5.10 Å². The predicted molar refractivity (Wildman–Crippen MR) is 104 cm³/mol. The van der Waals surface area contributed by atoms with Crippen LogP contribution in [0.3, 0.4) is 0 Å². The molecule has 1 aromatic carbocycles. The maximum Gasteiger partial charge on any atom is 0.271 e. The minimum absolute atomic E-state index is 0.249. The van der Waals surface area contributed by atoms with Gasteiger partial charge in [-0.15, -0.1) is 0 Å². The van der Waals surface area contributed by atoms with E-state index in [0.29, 0.717) is 17.4 Å². The summed E-state index contributed by atoms with van der Waals surface area (Å²) in [5.41, 5.74) is 6.65. The Morgan fingerprint density at radius 3 is 2.73 bits per heavy atom. The van der Waals surface area contributed by atoms with Crippen LogP contribution in [-0.4, -0.2) is 23.8 Å². The van der Waals surface area contributed by atoms with Gasteiger partial charge in [0.15, 0.2) is 0 Å². The van der Waals surface area contributed by atoms with Gasteiger partial charge in [0.25, 0.3) is 5.91 Å². The van der Waals surface area contributed by atoms with Crippen molar-refractivity contribution < 1.29 is 9.53 Å². The quantitative estimate of drug-likeness (QED) is 0.640. The Balaban J connectivity index is 1.69. The first-order valence-electron chi connectivity index (χ1n) is 9.26. The van der Waals surface area contributed by atoms with Crippen LogP contribution in [0.25, 0.3) is 0 Å². The highest BCUT2D eigenvalue weighted by Crippen LogP contribution is 2.31. The molecule has 0 atom stereocenters. The van der Waals surface area contributed by atoms with E-state index in [9.17, 15) is 4.79 Å². The molecule has 1 fully saturated rings. The zero-order valence-corrected chi connectivity index (χ0v) is 15.8. The van der Waals surface area contributed by atoms with Crippen LogP contribution in [0.1, 0.15) is 65.5 Å². The number of benzene rings is 1. The molecule has 0 saturated heterocycles. The third-order valence-corrected chi connectivity index (χ3v) is 5.17. The summed E-state index contributed by atoms with van der Waals surface area (Å²) in [6.45, 7) is 4.28. The van der Waals surface area contributed by atoms with Crippen molar-refractivity contribution >= 4 is 12.1 Å². The lowest BCUT2D eigenvalue weighted by Gasteiger charge is -2.26. The zero-order valence-electron chi connectivity index (χ0n) is 15.8. The number of aromatic nitrogens is 1. The number of rotatable bonds is 5. The van der Waals surface area contributed by atoms with Crippen molar-refractivity contribution in [1.82, 2.24) is 9.99 Å². The lowest BCUT2D eigenvalue weighted by Crippen LogP contribution is -2.17. The van der Waals surface area contributed by atoms with E-state index in [1.54, 1.807) is 37.6 Å². The lowest BCUT2D eigenvalue weighted by atomic mass is 9.95. The Morgan fingerprint density at radius 1 is 1.23 bits per heavy atom. The largest absolute Gasteiger partial charge is 0.497 e. The second-order valence-electron chi connectivity index (χ2n) is 6.92. The van der Waals surface area contributed by atoms with Gasteiger partial charge < -0.3 is 9.30 Å². The number of nitrogens with one attached hydrogen (secondary N) is 1. The molecule has 0 unspecified atom stereocenters. The fourth-order valence-electron chi connectivity index (χ4n) is 3.82. The molecule has 5 heteroatoms. The average Bonchev–Trinajstić information content (AvgIpc) is 2.96. The maximum atomic E-state index is 12.2. The molecule has 138 valence electrons. The summed E-state index contributed by atoms with van der Waals surface area (Å²) < 4.78 is 7.58. The molecule has 0 spiro atoms. The van der Waals surface area contributed by atoms with Crippen molar-refractivity contribution in [3.05, 3.63) is 52.8 Å². The first-order valence-corrected chi connectivity index (χ1v) is 9.26. The molecular weight excluding hydrogens is 326 g/mol. The monoisotopic (exact) mass is 353 g/mol. The van der Waals surface area contributed by atoms with Crippen LogP contribution < -0.4 is 10.2 Å². The van der Waals surface area contributed by atoms with Crippen molar-refractivity contribution in [2.45, 2.75) is 52.0 Å². The van der Waals surface area contributed by atoms with Crippen LogP contribution in [0.2, 0.25) is 0 Å². The minimum atomic E-state index is -0.249. The van der Waals surface area contributed by atoms with E-state index in [1.165, 1.54) is 43.5 Å². The molecule has 1 aliphatic rings. The lowest BCUT2D eigenvalue weighted by molar-refractivity contribution is 0.0955. The summed E-state index contributed by atoms with van der Waals surface area (Å²) in [6, 6.07) is 9.76. The first kappa shape index (κ1) is 18.2. The highest BCUT2D eigenvalue weighted by atomic mass is 16.5. The first-order chi connectivity index (χ1) is 12.6. The molecule has 26 heavy (non-hydrogen) atoms. The SMILES string of the molecule is COc1cccc(C(=O)N/N=C\c2cc(C)n(C3CCCCC3)c2C)c1. The Hall–Kier alpha value is -2.56. The number of ether oxygens (including phenoxy) is 1. The number of hydrogen-bond acceptors (Lipinski definition) is 3. The third kappa shape index (κ3) is 3.98. The molecule has 1 aromatic heterocycles. The third-order valence-electron chi connectivity index (χ3n) is 5.17. The molecular formula is C21H27N3O2. The van der Waals surface area contributed by atoms with E-state index in [2.05, 4.69) is 35.0 Å². The zero-order chi connectivity index (χ0) is 18.5. The van der Waals surface area contributed by atoms with E-state index in [-0.39, 0.29) is 5.91 Å². The van der Waals surface area contributed by atoms with Gasteiger partial charge in [-0.3, -0.25) is 4.79 Å². The smallest absolute Gasteiger partial charge is 0.271 e. The summed E-state index contributed by atoms with van der Waals surface area (Å²) in [4.78, 5) is 12.2. The van der Waals surface area contributed by atoms with Crippen molar-refractivity contribution in [3.63, 3.8) is 0 Å². The average molecular weight is 353 g/mol. The van der Waals surface area contributed by atoms with E-state index in [0.717, 1.165) is 5.56 Å². The van der Waals surface area contributed by atoms with Crippen molar-refractivity contribution in [1.29, 1.82) is 0 Å². The number of carbonyl (C=O) groups is 1. The Bertz CT molecular complexity index is 802. The van der Waals surface area contributed by atoms with E-state index >= 15 is 0 Å². The molecule has 5 nitrogen and oxygen atoms in total. The van der Waals surface area contributed by atoms with E-state index < -0.39 is 0 Å². The standard InChI is InChI=1S/C21H27N3O2/c1-15-12-18(16(2)24(15)19-9-5-4-6-10-19)14-22-23-21(25)17-8-7-11-20(13-17)26-3/h7-8,11-14,19H,4-6,9-10H2,1-3H3,(H,23,25)/b22-14-. The van der Waals surface area contributed by atoms with Crippen molar-refractivity contribution in [2.24, 2.45) is 5.10 Å². The van der Waals surface area contributed by atoms with Crippen LogP contribution in [0, 0.1) is 13.8 Å². The number of hydrogen-bond donors (Lipinski definition) is 1. The number of methoxy groups -OCH3 is 1. The number of carbonyl (C=O) groups excluding carboxylic acids is 1. The summed E-state index contributed by atoms with van der Waals surface area (Å²) >= 11 is 0. The van der Waals surface area contributed by atoms with E-state index in [1.807, 2.05) is 0 Å². The topological polar surface area (TPSA) is 55.6 Å². The van der Waals surface area contributed by atoms with Crippen LogP contribution in [0.5, 0.6) is 5.75 Å². The molecule has 0 bridgehead atoms. The van der Waals surface area contributed by atoms with Gasteiger partial charge in [0.05, 0.1) is 13.3 Å². The van der Waals surface area contributed by atoms with Gasteiger partial charge in [0, 0.05) is 28.6 Å². The maximum absolute atomic E-state index is 12.2. The van der Waals surface area contributed by atoms with Crippen LogP contribution >= 0.6 is 0 Å². The molecule has 1 aliphatic carbocycles. The minimum Gasteiger partial charge on any atom is -0.497 e. The Labute approximate surface area is 155 Å². The summed E-state index contributed by atoms with van der Waals surface area (Å²) in [7, 11) is 1.58. The van der Waals surface area contributed by atoms with Gasteiger partial charge >= 0.3 is 0 Å². The number of amides is 1. The second-order valence-corrected chi connectivity index (χ2v) is 6.92. The molecule has 0 radical (unpaired) electrons. The molecule has 1 saturated carbocycles. The van der Waals surface area contributed by atoms with Crippen LogP contribution in [-0.2, 0) is 0 Å². The van der Waals surface area contributed by atoms with Crippen LogP contribution in [0.15, 0.2) is 35.4 Å². The molecule has 0 aliphatic heterocycles. The number of aryl methyl sites for hydroxylation is 1. The molecule has 1 N–H and O–H groups in total. The highest BCUT2D eigenvalue weighted by molar-refractivity contribution is 5.95. The normalized spacial score (nSPS) is 15.3. The van der Waals surface area contributed by atoms with Gasteiger partial charge in [-0.1, -0.05) is 25.3 Å². The predicted octanol–water partition coefficient (Wildman–Crippen LogP) is 4.38. The second kappa shape index (κ2) is 8.21. The fourth-order valence-corrected chi connectivity index (χ4v) is 3.82. The Morgan fingerprint density at radius 2 is 2.00 bits per heavy atom. The van der Waals surface area contributed by atoms with E-state index in [4.69, 9.17) is 4.74 Å². The number of nitrogens with zero attached hydrogens (tertiary/aromatic N) is 2. The summed E-state index contributed by atoms with van der Waals surface area (Å²) in [5.74, 6) is 0.402. The van der Waals surface area contributed by atoms with Crippen LogP contribution in [0.4, 0.5) is 0 Å². The van der Waals surface area contributed by atoms with Crippen molar-refractivity contribution in [2.75, 3.05) is 7.11 Å². The number of hydrazone groups is 1. The molecule has 1 heterocycles. The fraction of sp³-hybridized carbons (Fsp3) is 0.429. The summed E-state index contributed by atoms with van der Waals surface area (Å²) in [5, 5.41) is 4.16. The summed E-state index contributed by atoms with van der Waals surface area (Å²) in [6.07, 6.45) is 8.20. The van der Waals surface area contributed by atoms with Gasteiger partial charge in [-0.05, 0) is 51.0 Å². The Kier molecular flexibility index (Phi) is 5.76. The molecule has 2 aromatic rings. The van der Waals surface area contributed by atoms with Gasteiger partial charge in [0.2, 0.25) is 0 Å².